The molecule has 2 heteroatoms. The fourth-order valence-corrected chi connectivity index (χ4v) is 6.18. The Labute approximate surface area is 261 Å². The number of para-hydroxylation sites is 2. The third-order valence-corrected chi connectivity index (χ3v) is 8.33. The standard InChI is InChI=1S/C42H38N2/c1-5-13-31(7-3)32-19-25-36(26-20-32)43(35(8-4)14-6-2)37-27-21-33(22-28-37)34-23-29-38(30-24-34)44-41-17-11-9-15-39(41)40-16-10-12-18-42(40)44/h5-13,15-30,35H,2,4,14H2,1,3H3/b13-5-,31-7+. The van der Waals surface area contributed by atoms with Crippen molar-refractivity contribution < 1.29 is 0 Å². The molecule has 0 fully saturated rings. The molecule has 1 heterocycles. The molecule has 0 spiro atoms. The highest BCUT2D eigenvalue weighted by Crippen LogP contribution is 2.35. The lowest BCUT2D eigenvalue weighted by Crippen LogP contribution is -2.28. The summed E-state index contributed by atoms with van der Waals surface area (Å²) in [7, 11) is 0. The van der Waals surface area contributed by atoms with E-state index < -0.39 is 0 Å². The lowest BCUT2D eigenvalue weighted by Gasteiger charge is -2.32. The smallest absolute Gasteiger partial charge is 0.0554 e. The van der Waals surface area contributed by atoms with Crippen LogP contribution in [0.4, 0.5) is 11.4 Å². The number of allylic oxidation sites excluding steroid dienone is 4. The van der Waals surface area contributed by atoms with Crippen molar-refractivity contribution in [1.29, 1.82) is 0 Å². The van der Waals surface area contributed by atoms with Crippen LogP contribution in [0.2, 0.25) is 0 Å². The van der Waals surface area contributed by atoms with Gasteiger partial charge in [0.1, 0.15) is 0 Å². The Morgan fingerprint density at radius 2 is 1.20 bits per heavy atom. The van der Waals surface area contributed by atoms with E-state index in [1.165, 1.54) is 44.1 Å². The molecule has 6 aromatic rings. The van der Waals surface area contributed by atoms with Crippen molar-refractivity contribution in [1.82, 2.24) is 4.57 Å². The van der Waals surface area contributed by atoms with Crippen molar-refractivity contribution in [2.75, 3.05) is 4.90 Å². The van der Waals surface area contributed by atoms with Gasteiger partial charge in [0.25, 0.3) is 0 Å². The van der Waals surface area contributed by atoms with E-state index in [9.17, 15) is 0 Å². The quantitative estimate of drug-likeness (QED) is 0.117. The molecule has 0 aliphatic carbocycles. The van der Waals surface area contributed by atoms with Gasteiger partial charge in [-0.3, -0.25) is 0 Å². The number of nitrogens with zero attached hydrogens (tertiary/aromatic N) is 2. The summed E-state index contributed by atoms with van der Waals surface area (Å²) in [5.41, 5.74) is 10.6. The number of hydrogen-bond donors (Lipinski definition) is 0. The van der Waals surface area contributed by atoms with Crippen LogP contribution in [0.15, 0.2) is 165 Å². The first-order valence-corrected chi connectivity index (χ1v) is 15.3. The molecule has 2 nitrogen and oxygen atoms in total. The highest BCUT2D eigenvalue weighted by Gasteiger charge is 2.18. The molecule has 5 aromatic carbocycles. The molecule has 0 radical (unpaired) electrons. The molecular weight excluding hydrogens is 532 g/mol. The van der Waals surface area contributed by atoms with E-state index in [0.717, 1.165) is 23.5 Å². The summed E-state index contributed by atoms with van der Waals surface area (Å²) >= 11 is 0. The zero-order valence-electron chi connectivity index (χ0n) is 25.5. The number of hydrogen-bond acceptors (Lipinski definition) is 1. The Balaban J connectivity index is 1.32. The molecule has 1 aromatic heterocycles. The Bertz CT molecular complexity index is 1910. The maximum absolute atomic E-state index is 4.16. The number of anilines is 2. The van der Waals surface area contributed by atoms with Crippen molar-refractivity contribution in [3.05, 3.63) is 170 Å². The van der Waals surface area contributed by atoms with Gasteiger partial charge in [-0.2, -0.15) is 0 Å². The minimum Gasteiger partial charge on any atom is -0.334 e. The molecule has 0 N–H and O–H groups in total. The monoisotopic (exact) mass is 570 g/mol. The predicted octanol–water partition coefficient (Wildman–Crippen LogP) is 11.7. The molecule has 1 atom stereocenters. The summed E-state index contributed by atoms with van der Waals surface area (Å²) in [4.78, 5) is 2.35. The summed E-state index contributed by atoms with van der Waals surface area (Å²) in [6.07, 6.45) is 11.1. The van der Waals surface area contributed by atoms with Crippen LogP contribution >= 0.6 is 0 Å². The Kier molecular flexibility index (Phi) is 8.43. The van der Waals surface area contributed by atoms with Crippen LogP contribution in [0.25, 0.3) is 44.2 Å². The third-order valence-electron chi connectivity index (χ3n) is 8.33. The number of rotatable bonds is 10. The first-order valence-electron chi connectivity index (χ1n) is 15.3. The second-order valence-corrected chi connectivity index (χ2v) is 11.0. The van der Waals surface area contributed by atoms with Crippen LogP contribution in [-0.4, -0.2) is 10.6 Å². The summed E-state index contributed by atoms with van der Waals surface area (Å²) in [6, 6.07) is 43.9. The molecule has 1 unspecified atom stereocenters. The molecule has 0 amide bonds. The van der Waals surface area contributed by atoms with Crippen LogP contribution in [0, 0.1) is 0 Å². The molecule has 0 saturated carbocycles. The van der Waals surface area contributed by atoms with Gasteiger partial charge in [0.15, 0.2) is 0 Å². The van der Waals surface area contributed by atoms with Crippen LogP contribution in [0.3, 0.4) is 0 Å². The second-order valence-electron chi connectivity index (χ2n) is 11.0. The van der Waals surface area contributed by atoms with Crippen molar-refractivity contribution in [2.45, 2.75) is 26.3 Å². The Morgan fingerprint density at radius 3 is 1.70 bits per heavy atom. The molecule has 0 aliphatic heterocycles. The topological polar surface area (TPSA) is 8.17 Å². The maximum atomic E-state index is 4.16. The van der Waals surface area contributed by atoms with E-state index in [4.69, 9.17) is 0 Å². The van der Waals surface area contributed by atoms with Crippen LogP contribution in [-0.2, 0) is 0 Å². The van der Waals surface area contributed by atoms with Crippen molar-refractivity contribution >= 4 is 38.8 Å². The Morgan fingerprint density at radius 1 is 0.682 bits per heavy atom. The van der Waals surface area contributed by atoms with Gasteiger partial charge in [0.2, 0.25) is 0 Å². The van der Waals surface area contributed by atoms with Gasteiger partial charge in [-0.05, 0) is 91.1 Å². The van der Waals surface area contributed by atoms with E-state index in [1.54, 1.807) is 0 Å². The van der Waals surface area contributed by atoms with E-state index in [0.29, 0.717) is 0 Å². The van der Waals surface area contributed by atoms with Gasteiger partial charge in [-0.1, -0.05) is 103 Å². The number of benzene rings is 5. The molecule has 44 heavy (non-hydrogen) atoms. The van der Waals surface area contributed by atoms with Crippen molar-refractivity contribution in [2.24, 2.45) is 0 Å². The fourth-order valence-electron chi connectivity index (χ4n) is 6.18. The average molecular weight is 571 g/mol. The van der Waals surface area contributed by atoms with E-state index >= 15 is 0 Å². The highest BCUT2D eigenvalue weighted by molar-refractivity contribution is 6.09. The van der Waals surface area contributed by atoms with Crippen LogP contribution in [0.5, 0.6) is 0 Å². The van der Waals surface area contributed by atoms with E-state index in [1.807, 2.05) is 19.1 Å². The van der Waals surface area contributed by atoms with Gasteiger partial charge >= 0.3 is 0 Å². The van der Waals surface area contributed by atoms with Gasteiger partial charge in [0, 0.05) is 27.8 Å². The summed E-state index contributed by atoms with van der Waals surface area (Å²) in [5, 5.41) is 2.55. The van der Waals surface area contributed by atoms with Crippen LogP contribution in [0.1, 0.15) is 25.8 Å². The molecule has 216 valence electrons. The fraction of sp³-hybridized carbons (Fsp3) is 0.0952. The lowest BCUT2D eigenvalue weighted by atomic mass is 10.0. The summed E-state index contributed by atoms with van der Waals surface area (Å²) < 4.78 is 2.35. The number of fused-ring (bicyclic) bond motifs is 3. The average Bonchev–Trinajstić information content (AvgIpc) is 3.42. The second kappa shape index (κ2) is 12.9. The van der Waals surface area contributed by atoms with Crippen molar-refractivity contribution in [3.8, 4) is 16.8 Å². The first-order chi connectivity index (χ1) is 21.7. The molecule has 0 saturated heterocycles. The SMILES string of the molecule is C=CCC(C=C)N(c1ccc(C(/C=C\C)=C/C)cc1)c1ccc(-c2ccc(-n3c4ccccc4c4ccccc43)cc2)cc1. The van der Waals surface area contributed by atoms with E-state index in [2.05, 4.69) is 169 Å². The minimum atomic E-state index is 0.0893. The van der Waals surface area contributed by atoms with Gasteiger partial charge in [-0.25, -0.2) is 0 Å². The van der Waals surface area contributed by atoms with Gasteiger partial charge in [0.05, 0.1) is 17.1 Å². The molecular formula is C42H38N2. The number of aromatic nitrogens is 1. The van der Waals surface area contributed by atoms with Crippen molar-refractivity contribution in [3.63, 3.8) is 0 Å². The van der Waals surface area contributed by atoms with Gasteiger partial charge < -0.3 is 9.47 Å². The largest absolute Gasteiger partial charge is 0.334 e. The molecule has 0 bridgehead atoms. The van der Waals surface area contributed by atoms with E-state index in [-0.39, 0.29) is 6.04 Å². The van der Waals surface area contributed by atoms with Crippen LogP contribution < -0.4 is 4.90 Å². The maximum Gasteiger partial charge on any atom is 0.0554 e. The normalized spacial score (nSPS) is 12.5. The Hall–Kier alpha value is -5.34. The lowest BCUT2D eigenvalue weighted by molar-refractivity contribution is 0.795. The van der Waals surface area contributed by atoms with Gasteiger partial charge in [-0.15, -0.1) is 13.2 Å². The highest BCUT2D eigenvalue weighted by atomic mass is 15.2. The summed E-state index contributed by atoms with van der Waals surface area (Å²) in [6.45, 7) is 12.3. The minimum absolute atomic E-state index is 0.0893. The third kappa shape index (κ3) is 5.43. The predicted molar refractivity (Wildman–Crippen MR) is 192 cm³/mol. The first kappa shape index (κ1) is 28.8. The zero-order chi connectivity index (χ0) is 30.5. The summed E-state index contributed by atoms with van der Waals surface area (Å²) in [5.74, 6) is 0. The zero-order valence-corrected chi connectivity index (χ0v) is 25.5. The molecule has 0 aliphatic rings. The molecule has 6 rings (SSSR count).